The lowest BCUT2D eigenvalue weighted by Crippen LogP contribution is -2.54. The third kappa shape index (κ3) is 8.06. The van der Waals surface area contributed by atoms with Crippen molar-refractivity contribution in [3.63, 3.8) is 0 Å². The van der Waals surface area contributed by atoms with Gasteiger partial charge in [-0.1, -0.05) is 54.6 Å². The van der Waals surface area contributed by atoms with Crippen LogP contribution >= 0.6 is 0 Å². The minimum absolute atomic E-state index is 0.0384. The Morgan fingerprint density at radius 1 is 1.04 bits per heavy atom. The number of carbonyl (C=O) groups is 4. The molecular weight excluding hydrogens is 704 g/mol. The lowest BCUT2D eigenvalue weighted by atomic mass is 10.0. The number of carboxylic acid groups (broad SMARTS) is 1. The summed E-state index contributed by atoms with van der Waals surface area (Å²) < 4.78 is 23.7. The molecule has 55 heavy (non-hydrogen) atoms. The second-order valence-electron chi connectivity index (χ2n) is 15.0. The van der Waals surface area contributed by atoms with Gasteiger partial charge < -0.3 is 39.6 Å². The van der Waals surface area contributed by atoms with Crippen LogP contribution in [0.3, 0.4) is 0 Å². The van der Waals surface area contributed by atoms with Crippen LogP contribution in [-0.2, 0) is 19.1 Å². The summed E-state index contributed by atoms with van der Waals surface area (Å²) in [5.41, 5.74) is 0.145. The summed E-state index contributed by atoms with van der Waals surface area (Å²) in [5.74, 6) is -1.28. The van der Waals surface area contributed by atoms with Crippen LogP contribution in [0.5, 0.6) is 17.2 Å². The van der Waals surface area contributed by atoms with Crippen LogP contribution in [0, 0.1) is 5.92 Å². The van der Waals surface area contributed by atoms with Crippen LogP contribution in [0.25, 0.3) is 22.2 Å². The molecular formula is C42H44N4O9. The molecule has 1 aliphatic carbocycles. The van der Waals surface area contributed by atoms with E-state index in [0.29, 0.717) is 45.8 Å². The highest BCUT2D eigenvalue weighted by molar-refractivity contribution is 5.96. The number of hydrogen-bond acceptors (Lipinski definition) is 9. The minimum Gasteiger partial charge on any atom is -0.497 e. The maximum Gasteiger partial charge on any atom is 0.408 e. The van der Waals surface area contributed by atoms with Crippen molar-refractivity contribution in [2.75, 3.05) is 20.3 Å². The number of fused-ring (bicyclic) bond motifs is 5. The Hall–Kier alpha value is -6.11. The monoisotopic (exact) mass is 748 g/mol. The van der Waals surface area contributed by atoms with E-state index in [0.717, 1.165) is 5.56 Å². The number of aliphatic carboxylic acids is 1. The number of rotatable bonds is 6. The van der Waals surface area contributed by atoms with Crippen molar-refractivity contribution in [3.05, 3.63) is 96.6 Å². The molecule has 1 saturated heterocycles. The van der Waals surface area contributed by atoms with Crippen molar-refractivity contribution >= 4 is 34.8 Å². The molecule has 13 nitrogen and oxygen atoms in total. The molecule has 1 aromatic heterocycles. The van der Waals surface area contributed by atoms with Crippen LogP contribution in [0.1, 0.15) is 51.6 Å². The largest absolute Gasteiger partial charge is 0.497 e. The van der Waals surface area contributed by atoms with E-state index in [2.05, 4.69) is 10.6 Å². The van der Waals surface area contributed by atoms with Gasteiger partial charge in [0, 0.05) is 35.4 Å². The van der Waals surface area contributed by atoms with Crippen LogP contribution < -0.4 is 24.8 Å². The van der Waals surface area contributed by atoms with Gasteiger partial charge in [-0.3, -0.25) is 9.59 Å². The second kappa shape index (κ2) is 15.0. The number of nitrogens with one attached hydrogen (secondary N) is 2. The van der Waals surface area contributed by atoms with Gasteiger partial charge in [0.05, 0.1) is 31.5 Å². The summed E-state index contributed by atoms with van der Waals surface area (Å²) in [5, 5.41) is 16.5. The molecule has 2 aliphatic heterocycles. The molecule has 3 aromatic carbocycles. The Balaban J connectivity index is 1.28. The highest BCUT2D eigenvalue weighted by Crippen LogP contribution is 2.45. The van der Waals surface area contributed by atoms with Crippen molar-refractivity contribution < 1.29 is 43.2 Å². The van der Waals surface area contributed by atoms with E-state index in [1.807, 2.05) is 54.6 Å². The zero-order valence-electron chi connectivity index (χ0n) is 31.1. The average molecular weight is 749 g/mol. The molecule has 0 radical (unpaired) electrons. The topological polar surface area (TPSA) is 166 Å². The van der Waals surface area contributed by atoms with Crippen LogP contribution in [0.15, 0.2) is 91.0 Å². The summed E-state index contributed by atoms with van der Waals surface area (Å²) in [6.45, 7) is 5.37. The highest BCUT2D eigenvalue weighted by Gasteiger charge is 2.61. The van der Waals surface area contributed by atoms with Gasteiger partial charge in [0.15, 0.2) is 0 Å². The molecule has 2 fully saturated rings. The summed E-state index contributed by atoms with van der Waals surface area (Å²) >= 11 is 0. The number of hydrogen-bond donors (Lipinski definition) is 3. The number of ether oxygens (including phenoxy) is 4. The smallest absolute Gasteiger partial charge is 0.408 e. The molecule has 1 saturated carbocycles. The van der Waals surface area contributed by atoms with Crippen molar-refractivity contribution in [2.45, 2.75) is 69.4 Å². The first-order valence-corrected chi connectivity index (χ1v) is 18.3. The maximum absolute atomic E-state index is 14.8. The summed E-state index contributed by atoms with van der Waals surface area (Å²) in [6.07, 6.45) is 2.81. The molecule has 3 amide bonds. The Kier molecular flexibility index (Phi) is 10.1. The molecule has 4 aromatic rings. The number of benzene rings is 3. The number of amides is 3. The predicted octanol–water partition coefficient (Wildman–Crippen LogP) is 5.82. The van der Waals surface area contributed by atoms with Crippen molar-refractivity contribution in [2.24, 2.45) is 5.92 Å². The summed E-state index contributed by atoms with van der Waals surface area (Å²) in [7, 11) is 1.57. The lowest BCUT2D eigenvalue weighted by Gasteiger charge is -2.30. The number of pyridine rings is 1. The number of nitrogens with zero attached hydrogens (tertiary/aromatic N) is 2. The molecule has 0 spiro atoms. The molecule has 7 rings (SSSR count). The highest BCUT2D eigenvalue weighted by atomic mass is 16.6. The number of alkyl carbamates (subject to hydrolysis) is 1. The lowest BCUT2D eigenvalue weighted by molar-refractivity contribution is -0.145. The molecule has 286 valence electrons. The van der Waals surface area contributed by atoms with Gasteiger partial charge in [0.25, 0.3) is 5.91 Å². The zero-order valence-corrected chi connectivity index (χ0v) is 31.1. The molecule has 2 bridgehead atoms. The van der Waals surface area contributed by atoms with Crippen molar-refractivity contribution in [1.82, 2.24) is 20.5 Å². The third-order valence-corrected chi connectivity index (χ3v) is 9.95. The van der Waals surface area contributed by atoms with E-state index in [-0.39, 0.29) is 26.0 Å². The Morgan fingerprint density at radius 3 is 2.58 bits per heavy atom. The van der Waals surface area contributed by atoms with E-state index in [9.17, 15) is 24.3 Å². The fourth-order valence-corrected chi connectivity index (χ4v) is 7.15. The van der Waals surface area contributed by atoms with E-state index < -0.39 is 59.1 Å². The SMILES string of the molecule is COc1ccc2c(O[C@@H]3C[C@H]4C(=O)N[C@@]5(C(=O)O)CC5/C=C\CCOc5cccc(c5)[C@@H](NC(=O)OC(C)(C)C)C(=O)N4C3)cc(-c3ccccc3)nc2c1. The van der Waals surface area contributed by atoms with Crippen LogP contribution in [0.4, 0.5) is 4.79 Å². The number of aromatic nitrogens is 1. The van der Waals surface area contributed by atoms with E-state index in [1.165, 1.54) is 4.90 Å². The summed E-state index contributed by atoms with van der Waals surface area (Å²) in [4.78, 5) is 61.2. The van der Waals surface area contributed by atoms with Gasteiger partial charge in [0.1, 0.15) is 46.6 Å². The predicted molar refractivity (Wildman–Crippen MR) is 203 cm³/mol. The van der Waals surface area contributed by atoms with E-state index in [4.69, 9.17) is 23.9 Å². The normalized spacial score (nSPS) is 24.4. The van der Waals surface area contributed by atoms with Gasteiger partial charge in [0.2, 0.25) is 5.91 Å². The molecule has 3 heterocycles. The number of carboxylic acids is 1. The van der Waals surface area contributed by atoms with Crippen LogP contribution in [0.2, 0.25) is 0 Å². The standard InChI is InChI=1S/C42H44N4O9/c1-41(2,3)55-40(51)44-36-26-13-10-15-29(19-26)53-18-9-8-14-27-23-42(27,39(49)50)45-37(47)34-21-30(24-46(34)38(36)48)54-35-22-32(25-11-6-5-7-12-25)43-33-20-28(52-4)16-17-31(33)35/h5-8,10-17,19-20,22,27,30,34,36H,9,18,21,23-24H2,1-4H3,(H,44,51)(H,45,47)(H,49,50)/b14-8-/t27?,30-,34+,36-,42+/m1/s1. The second-order valence-corrected chi connectivity index (χ2v) is 15.0. The first-order chi connectivity index (χ1) is 26.3. The van der Waals surface area contributed by atoms with E-state index >= 15 is 0 Å². The zero-order chi connectivity index (χ0) is 38.9. The van der Waals surface area contributed by atoms with Crippen molar-refractivity contribution in [1.29, 1.82) is 0 Å². The van der Waals surface area contributed by atoms with Crippen LogP contribution in [-0.4, -0.2) is 82.4 Å². The molecule has 3 N–H and O–H groups in total. The quantitative estimate of drug-likeness (QED) is 0.205. The minimum atomic E-state index is -1.53. The molecule has 5 atom stereocenters. The van der Waals surface area contributed by atoms with Crippen molar-refractivity contribution in [3.8, 4) is 28.5 Å². The molecule has 1 unspecified atom stereocenters. The third-order valence-electron chi connectivity index (χ3n) is 9.95. The average Bonchev–Trinajstić information content (AvgIpc) is 3.69. The molecule has 13 heteroatoms. The maximum atomic E-state index is 14.8. The van der Waals surface area contributed by atoms with Gasteiger partial charge in [-0.15, -0.1) is 0 Å². The van der Waals surface area contributed by atoms with E-state index in [1.54, 1.807) is 64.3 Å². The first kappa shape index (κ1) is 37.2. The van der Waals surface area contributed by atoms with Gasteiger partial charge >= 0.3 is 12.1 Å². The Morgan fingerprint density at radius 2 is 1.84 bits per heavy atom. The van der Waals surface area contributed by atoms with Gasteiger partial charge in [-0.2, -0.15) is 0 Å². The summed E-state index contributed by atoms with van der Waals surface area (Å²) in [6, 6.07) is 21.3. The Bertz CT molecular complexity index is 2150. The number of carbonyl (C=O) groups excluding carboxylic acids is 3. The number of methoxy groups -OCH3 is 1. The van der Waals surface area contributed by atoms with Gasteiger partial charge in [-0.25, -0.2) is 14.6 Å². The molecule has 3 aliphatic rings. The first-order valence-electron chi connectivity index (χ1n) is 18.3. The fourth-order valence-electron chi connectivity index (χ4n) is 7.15. The Labute approximate surface area is 318 Å². The fraction of sp³-hybridized carbons (Fsp3) is 0.357. The van der Waals surface area contributed by atoms with Gasteiger partial charge in [-0.05, 0) is 63.4 Å².